The number of para-hydroxylation sites is 1. The molecule has 0 aliphatic heterocycles. The van der Waals surface area contributed by atoms with Crippen LogP contribution in [0.3, 0.4) is 0 Å². The van der Waals surface area contributed by atoms with Gasteiger partial charge in [0, 0.05) is 0 Å². The summed E-state index contributed by atoms with van der Waals surface area (Å²) in [5.41, 5.74) is 4.93. The molecule has 0 radical (unpaired) electrons. The highest BCUT2D eigenvalue weighted by atomic mass is 16.5. The maximum Gasteiger partial charge on any atom is 0.307 e. The first kappa shape index (κ1) is 16.8. The van der Waals surface area contributed by atoms with Gasteiger partial charge in [-0.3, -0.25) is 25.2 Å². The molecule has 1 aliphatic rings. The number of carbonyl (C=O) groups excluding carboxylic acids is 2. The number of aliphatic carboxylic acids is 1. The fraction of sp³-hybridized carbons (Fsp3) is 0.438. The normalized spacial score (nSPS) is 20.4. The maximum atomic E-state index is 12.2. The highest BCUT2D eigenvalue weighted by Crippen LogP contribution is 2.30. The summed E-state index contributed by atoms with van der Waals surface area (Å²) in [6.45, 7) is 0. The molecule has 1 aromatic rings. The van der Waals surface area contributed by atoms with Crippen LogP contribution in [-0.4, -0.2) is 30.0 Å². The predicted octanol–water partition coefficient (Wildman–Crippen LogP) is 1.35. The molecule has 0 saturated heterocycles. The van der Waals surface area contributed by atoms with Crippen LogP contribution in [0, 0.1) is 11.8 Å². The van der Waals surface area contributed by atoms with Gasteiger partial charge in [0.1, 0.15) is 5.75 Å². The Balaban J connectivity index is 1.98. The molecule has 1 aromatic carbocycles. The van der Waals surface area contributed by atoms with Crippen molar-refractivity contribution in [2.45, 2.75) is 25.7 Å². The second kappa shape index (κ2) is 7.62. The van der Waals surface area contributed by atoms with E-state index < -0.39 is 29.6 Å². The Morgan fingerprint density at radius 1 is 1.09 bits per heavy atom. The number of amides is 2. The van der Waals surface area contributed by atoms with Crippen molar-refractivity contribution in [1.29, 1.82) is 0 Å². The zero-order valence-corrected chi connectivity index (χ0v) is 12.9. The summed E-state index contributed by atoms with van der Waals surface area (Å²) in [6.07, 6.45) is 2.60. The summed E-state index contributed by atoms with van der Waals surface area (Å²) in [6, 6.07) is 6.62. The van der Waals surface area contributed by atoms with Crippen molar-refractivity contribution in [3.05, 3.63) is 29.8 Å². The van der Waals surface area contributed by atoms with Crippen LogP contribution in [0.5, 0.6) is 5.75 Å². The summed E-state index contributed by atoms with van der Waals surface area (Å²) in [4.78, 5) is 35.5. The van der Waals surface area contributed by atoms with Crippen LogP contribution in [0.1, 0.15) is 36.0 Å². The van der Waals surface area contributed by atoms with Crippen LogP contribution in [-0.2, 0) is 9.59 Å². The summed E-state index contributed by atoms with van der Waals surface area (Å²) in [7, 11) is 1.45. The molecule has 3 N–H and O–H groups in total. The Hall–Kier alpha value is -2.57. The Kier molecular flexibility index (Phi) is 5.56. The van der Waals surface area contributed by atoms with Crippen LogP contribution in [0.2, 0.25) is 0 Å². The number of rotatable bonds is 4. The summed E-state index contributed by atoms with van der Waals surface area (Å²) < 4.78 is 5.09. The second-order valence-corrected chi connectivity index (χ2v) is 5.48. The Morgan fingerprint density at radius 3 is 2.39 bits per heavy atom. The molecule has 0 bridgehead atoms. The summed E-state index contributed by atoms with van der Waals surface area (Å²) >= 11 is 0. The second-order valence-electron chi connectivity index (χ2n) is 5.48. The lowest BCUT2D eigenvalue weighted by molar-refractivity contribution is -0.149. The molecular formula is C16H20N2O5. The number of methoxy groups -OCH3 is 1. The molecule has 23 heavy (non-hydrogen) atoms. The first-order valence-electron chi connectivity index (χ1n) is 7.50. The van der Waals surface area contributed by atoms with Crippen molar-refractivity contribution >= 4 is 17.8 Å². The van der Waals surface area contributed by atoms with Gasteiger partial charge in [-0.2, -0.15) is 0 Å². The Labute approximate surface area is 134 Å². The van der Waals surface area contributed by atoms with Crippen LogP contribution < -0.4 is 15.6 Å². The van der Waals surface area contributed by atoms with E-state index in [0.29, 0.717) is 18.6 Å². The SMILES string of the molecule is COc1ccccc1C(=O)NNC(=O)[C@H]1CCCC[C@@H]1C(=O)O. The van der Waals surface area contributed by atoms with E-state index in [2.05, 4.69) is 10.9 Å². The highest BCUT2D eigenvalue weighted by Gasteiger charge is 2.35. The molecule has 0 spiro atoms. The molecule has 7 nitrogen and oxygen atoms in total. The Morgan fingerprint density at radius 2 is 1.74 bits per heavy atom. The Bertz CT molecular complexity index is 602. The van der Waals surface area contributed by atoms with E-state index >= 15 is 0 Å². The number of carboxylic acid groups (broad SMARTS) is 1. The van der Waals surface area contributed by atoms with Crippen molar-refractivity contribution in [1.82, 2.24) is 10.9 Å². The van der Waals surface area contributed by atoms with Crippen molar-refractivity contribution in [3.63, 3.8) is 0 Å². The number of hydrogen-bond donors (Lipinski definition) is 3. The van der Waals surface area contributed by atoms with Crippen molar-refractivity contribution in [2.24, 2.45) is 11.8 Å². The van der Waals surface area contributed by atoms with E-state index in [1.54, 1.807) is 24.3 Å². The van der Waals surface area contributed by atoms with E-state index in [1.165, 1.54) is 7.11 Å². The number of ether oxygens (including phenoxy) is 1. The lowest BCUT2D eigenvalue weighted by atomic mass is 9.79. The quantitative estimate of drug-likeness (QED) is 0.726. The van der Waals surface area contributed by atoms with E-state index in [-0.39, 0.29) is 5.56 Å². The van der Waals surface area contributed by atoms with Gasteiger partial charge >= 0.3 is 5.97 Å². The van der Waals surface area contributed by atoms with Crippen LogP contribution >= 0.6 is 0 Å². The molecule has 1 fully saturated rings. The van der Waals surface area contributed by atoms with E-state index in [0.717, 1.165) is 12.8 Å². The monoisotopic (exact) mass is 320 g/mol. The van der Waals surface area contributed by atoms with E-state index in [4.69, 9.17) is 4.74 Å². The molecule has 0 unspecified atom stereocenters. The fourth-order valence-corrected chi connectivity index (χ4v) is 2.85. The molecule has 1 aliphatic carbocycles. The number of hydrogen-bond acceptors (Lipinski definition) is 4. The molecule has 7 heteroatoms. The van der Waals surface area contributed by atoms with Gasteiger partial charge in [0.2, 0.25) is 5.91 Å². The molecular weight excluding hydrogens is 300 g/mol. The largest absolute Gasteiger partial charge is 0.496 e. The minimum atomic E-state index is -0.971. The average molecular weight is 320 g/mol. The molecule has 2 rings (SSSR count). The van der Waals surface area contributed by atoms with Crippen LogP contribution in [0.25, 0.3) is 0 Å². The van der Waals surface area contributed by atoms with Gasteiger partial charge in [-0.25, -0.2) is 0 Å². The minimum absolute atomic E-state index is 0.286. The topological polar surface area (TPSA) is 105 Å². The van der Waals surface area contributed by atoms with Crippen molar-refractivity contribution in [3.8, 4) is 5.75 Å². The molecule has 1 saturated carbocycles. The van der Waals surface area contributed by atoms with E-state index in [1.807, 2.05) is 0 Å². The zero-order chi connectivity index (χ0) is 16.8. The fourth-order valence-electron chi connectivity index (χ4n) is 2.85. The highest BCUT2D eigenvalue weighted by molar-refractivity contribution is 5.98. The zero-order valence-electron chi connectivity index (χ0n) is 12.9. The lowest BCUT2D eigenvalue weighted by Gasteiger charge is -2.27. The van der Waals surface area contributed by atoms with Gasteiger partial charge < -0.3 is 9.84 Å². The molecule has 124 valence electrons. The van der Waals surface area contributed by atoms with Crippen LogP contribution in [0.15, 0.2) is 24.3 Å². The van der Waals surface area contributed by atoms with Gasteiger partial charge in [0.05, 0.1) is 24.5 Å². The first-order valence-corrected chi connectivity index (χ1v) is 7.50. The number of carboxylic acids is 1. The third-order valence-electron chi connectivity index (χ3n) is 4.07. The predicted molar refractivity (Wildman–Crippen MR) is 81.7 cm³/mol. The van der Waals surface area contributed by atoms with Gasteiger partial charge in [0.25, 0.3) is 5.91 Å². The van der Waals surface area contributed by atoms with E-state index in [9.17, 15) is 19.5 Å². The molecule has 2 atom stereocenters. The van der Waals surface area contributed by atoms with Gasteiger partial charge in [-0.1, -0.05) is 25.0 Å². The third-order valence-corrected chi connectivity index (χ3v) is 4.07. The maximum absolute atomic E-state index is 12.2. The number of nitrogens with one attached hydrogen (secondary N) is 2. The first-order chi connectivity index (χ1) is 11.0. The number of carbonyl (C=O) groups is 3. The van der Waals surface area contributed by atoms with Crippen LogP contribution in [0.4, 0.5) is 0 Å². The average Bonchev–Trinajstić information content (AvgIpc) is 2.59. The van der Waals surface area contributed by atoms with Gasteiger partial charge in [-0.15, -0.1) is 0 Å². The van der Waals surface area contributed by atoms with Crippen molar-refractivity contribution in [2.75, 3.05) is 7.11 Å². The van der Waals surface area contributed by atoms with Gasteiger partial charge in [0.15, 0.2) is 0 Å². The minimum Gasteiger partial charge on any atom is -0.496 e. The standard InChI is InChI=1S/C16H20N2O5/c1-23-13-9-5-4-8-12(13)15(20)18-17-14(19)10-6-2-3-7-11(10)16(21)22/h4-5,8-11H,2-3,6-7H2,1H3,(H,17,19)(H,18,20)(H,21,22)/t10-,11-/m0/s1. The van der Waals surface area contributed by atoms with Crippen molar-refractivity contribution < 1.29 is 24.2 Å². The summed E-state index contributed by atoms with van der Waals surface area (Å²) in [5.74, 6) is -2.90. The lowest BCUT2D eigenvalue weighted by Crippen LogP contribution is -2.47. The number of benzene rings is 1. The smallest absolute Gasteiger partial charge is 0.307 e. The summed E-state index contributed by atoms with van der Waals surface area (Å²) in [5, 5.41) is 9.20. The third kappa shape index (κ3) is 4.00. The number of hydrazine groups is 1. The molecule has 0 aromatic heterocycles. The molecule has 0 heterocycles. The molecule has 2 amide bonds. The van der Waals surface area contributed by atoms with Gasteiger partial charge in [-0.05, 0) is 25.0 Å².